The maximum Gasteiger partial charge on any atom is 0.269 e. The van der Waals surface area contributed by atoms with Gasteiger partial charge in [-0.15, -0.1) is 0 Å². The minimum Gasteiger partial charge on any atom is -0.489 e. The van der Waals surface area contributed by atoms with Crippen LogP contribution in [0.2, 0.25) is 0 Å². The second-order valence-corrected chi connectivity index (χ2v) is 9.71. The first-order valence-corrected chi connectivity index (χ1v) is 12.5. The summed E-state index contributed by atoms with van der Waals surface area (Å²) in [4.78, 5) is 14.9. The molecule has 1 spiro atoms. The number of benzene rings is 2. The smallest absolute Gasteiger partial charge is 0.269 e. The molecule has 2 fully saturated rings. The minimum absolute atomic E-state index is 0.0342. The van der Waals surface area contributed by atoms with Crippen LogP contribution < -0.4 is 10.1 Å². The number of hydrogen-bond acceptors (Lipinski definition) is 5. The minimum atomic E-state index is -0.0964. The lowest BCUT2D eigenvalue weighted by atomic mass is 9.88. The number of hydrogen-bond donors (Lipinski definition) is 1. The first-order chi connectivity index (χ1) is 17.1. The van der Waals surface area contributed by atoms with E-state index in [1.807, 2.05) is 18.2 Å². The topological polar surface area (TPSA) is 68.6 Å². The van der Waals surface area contributed by atoms with E-state index in [2.05, 4.69) is 51.7 Å². The fraction of sp³-hybridized carbons (Fsp3) is 0.429. The molecule has 3 heterocycles. The molecule has 0 radical (unpaired) electrons. The van der Waals surface area contributed by atoms with E-state index in [4.69, 9.17) is 9.47 Å². The Labute approximate surface area is 207 Å². The van der Waals surface area contributed by atoms with E-state index in [-0.39, 0.29) is 17.6 Å². The van der Waals surface area contributed by atoms with Gasteiger partial charge in [-0.2, -0.15) is 5.10 Å². The Kier molecular flexibility index (Phi) is 7.16. The lowest BCUT2D eigenvalue weighted by Gasteiger charge is -2.39. The van der Waals surface area contributed by atoms with Gasteiger partial charge in [-0.25, -0.2) is 0 Å². The molecule has 7 nitrogen and oxygen atoms in total. The fourth-order valence-corrected chi connectivity index (χ4v) is 5.11. The summed E-state index contributed by atoms with van der Waals surface area (Å²) >= 11 is 0. The number of rotatable bonds is 8. The highest BCUT2D eigenvalue weighted by atomic mass is 16.5. The monoisotopic (exact) mass is 474 g/mol. The van der Waals surface area contributed by atoms with Crippen LogP contribution in [0.3, 0.4) is 0 Å². The Hall–Kier alpha value is -3.16. The van der Waals surface area contributed by atoms with Crippen molar-refractivity contribution in [1.29, 1.82) is 0 Å². The number of likely N-dealkylation sites (tertiary alicyclic amines) is 1. The van der Waals surface area contributed by atoms with Gasteiger partial charge in [0.2, 0.25) is 0 Å². The molecular formula is C28H34N4O3. The molecule has 3 aromatic rings. The molecule has 1 atom stereocenters. The van der Waals surface area contributed by atoms with E-state index >= 15 is 0 Å². The van der Waals surface area contributed by atoms with E-state index < -0.39 is 0 Å². The van der Waals surface area contributed by atoms with Gasteiger partial charge in [0.1, 0.15) is 18.1 Å². The van der Waals surface area contributed by atoms with Crippen LogP contribution in [0.5, 0.6) is 5.75 Å². The quantitative estimate of drug-likeness (QED) is 0.536. The number of amides is 1. The van der Waals surface area contributed by atoms with Crippen LogP contribution >= 0.6 is 0 Å². The molecule has 0 bridgehead atoms. The molecule has 2 aromatic carbocycles. The molecule has 1 N–H and O–H groups in total. The molecule has 184 valence electrons. The molecule has 35 heavy (non-hydrogen) atoms. The van der Waals surface area contributed by atoms with Gasteiger partial charge in [0.15, 0.2) is 0 Å². The lowest BCUT2D eigenvalue weighted by molar-refractivity contribution is -0.0764. The van der Waals surface area contributed by atoms with Crippen molar-refractivity contribution >= 4 is 5.91 Å². The van der Waals surface area contributed by atoms with Crippen LogP contribution in [0.4, 0.5) is 0 Å². The summed E-state index contributed by atoms with van der Waals surface area (Å²) in [6, 6.07) is 20.4. The van der Waals surface area contributed by atoms with Crippen LogP contribution in [0.1, 0.15) is 47.3 Å². The normalized spacial score (nSPS) is 19.6. The van der Waals surface area contributed by atoms with Crippen LogP contribution in [-0.2, 0) is 24.9 Å². The van der Waals surface area contributed by atoms with Gasteiger partial charge >= 0.3 is 0 Å². The zero-order valence-corrected chi connectivity index (χ0v) is 20.4. The maximum atomic E-state index is 12.3. The van der Waals surface area contributed by atoms with Gasteiger partial charge in [0.05, 0.1) is 11.7 Å². The number of ether oxygens (including phenoxy) is 2. The summed E-state index contributed by atoms with van der Waals surface area (Å²) in [7, 11) is 1.78. The molecule has 5 rings (SSSR count). The van der Waals surface area contributed by atoms with Crippen LogP contribution in [0.15, 0.2) is 66.9 Å². The van der Waals surface area contributed by atoms with Crippen molar-refractivity contribution in [3.8, 4) is 5.75 Å². The molecule has 7 heteroatoms. The second kappa shape index (κ2) is 10.6. The van der Waals surface area contributed by atoms with Gasteiger partial charge in [-0.3, -0.25) is 14.4 Å². The standard InChI is InChI=1S/C28H34N4O3/c1-31-26(12-16-30-31)27(33)29-19-25-11-13-28(35-25)14-17-32(18-15-28)20-22-7-9-24(10-8-22)34-21-23-5-3-2-4-6-23/h2-10,12,16,25H,11,13-15,17-21H2,1H3,(H,29,33)/t25-/m1/s1. The molecule has 2 aliphatic rings. The third kappa shape index (κ3) is 5.92. The molecule has 0 saturated carbocycles. The average molecular weight is 475 g/mol. The van der Waals surface area contributed by atoms with Gasteiger partial charge in [0, 0.05) is 39.4 Å². The predicted octanol–water partition coefficient (Wildman–Crippen LogP) is 3.94. The number of carbonyl (C=O) groups excluding carboxylic acids is 1. The van der Waals surface area contributed by atoms with E-state index in [0.717, 1.165) is 51.1 Å². The molecule has 1 amide bonds. The zero-order chi connectivity index (χ0) is 24.1. The van der Waals surface area contributed by atoms with Crippen molar-refractivity contribution < 1.29 is 14.3 Å². The lowest BCUT2D eigenvalue weighted by Crippen LogP contribution is -2.44. The highest BCUT2D eigenvalue weighted by Gasteiger charge is 2.42. The summed E-state index contributed by atoms with van der Waals surface area (Å²) in [5, 5.41) is 7.07. The highest BCUT2D eigenvalue weighted by molar-refractivity contribution is 5.92. The predicted molar refractivity (Wildman–Crippen MR) is 134 cm³/mol. The maximum absolute atomic E-state index is 12.3. The summed E-state index contributed by atoms with van der Waals surface area (Å²) in [6.07, 6.45) is 5.87. The summed E-state index contributed by atoms with van der Waals surface area (Å²) < 4.78 is 14.0. The number of aryl methyl sites for hydroxylation is 1. The summed E-state index contributed by atoms with van der Waals surface area (Å²) in [6.45, 7) is 4.14. The van der Waals surface area contributed by atoms with Crippen LogP contribution in [0.25, 0.3) is 0 Å². The number of carbonyl (C=O) groups is 1. The fourth-order valence-electron chi connectivity index (χ4n) is 5.11. The van der Waals surface area contributed by atoms with E-state index in [1.165, 1.54) is 11.1 Å². The third-order valence-electron chi connectivity index (χ3n) is 7.23. The van der Waals surface area contributed by atoms with Crippen LogP contribution in [0, 0.1) is 0 Å². The van der Waals surface area contributed by atoms with E-state index in [1.54, 1.807) is 24.0 Å². The average Bonchev–Trinajstić information content (AvgIpc) is 3.50. The Bertz CT molecular complexity index is 1100. The van der Waals surface area contributed by atoms with Crippen LogP contribution in [-0.4, -0.2) is 51.9 Å². The largest absolute Gasteiger partial charge is 0.489 e. The molecule has 2 aliphatic heterocycles. The first-order valence-electron chi connectivity index (χ1n) is 12.5. The Morgan fingerprint density at radius 2 is 1.83 bits per heavy atom. The Morgan fingerprint density at radius 3 is 2.54 bits per heavy atom. The van der Waals surface area contributed by atoms with Crippen molar-refractivity contribution in [2.24, 2.45) is 7.05 Å². The second-order valence-electron chi connectivity index (χ2n) is 9.71. The van der Waals surface area contributed by atoms with Gasteiger partial charge in [0.25, 0.3) is 5.91 Å². The molecule has 1 aromatic heterocycles. The van der Waals surface area contributed by atoms with Gasteiger partial charge in [-0.05, 0) is 55.0 Å². The van der Waals surface area contributed by atoms with Crippen molar-refractivity contribution in [2.45, 2.75) is 50.5 Å². The molecule has 2 saturated heterocycles. The number of nitrogens with one attached hydrogen (secondary N) is 1. The molecule has 0 aliphatic carbocycles. The van der Waals surface area contributed by atoms with E-state index in [9.17, 15) is 4.79 Å². The number of piperidine rings is 1. The Morgan fingerprint density at radius 1 is 1.06 bits per heavy atom. The van der Waals surface area contributed by atoms with Crippen molar-refractivity contribution in [2.75, 3.05) is 19.6 Å². The first kappa shape index (κ1) is 23.6. The number of nitrogens with zero attached hydrogens (tertiary/aromatic N) is 3. The molecular weight excluding hydrogens is 440 g/mol. The van der Waals surface area contributed by atoms with Crippen molar-refractivity contribution in [3.63, 3.8) is 0 Å². The highest BCUT2D eigenvalue weighted by Crippen LogP contribution is 2.39. The number of aromatic nitrogens is 2. The van der Waals surface area contributed by atoms with Crippen molar-refractivity contribution in [3.05, 3.63) is 83.7 Å². The van der Waals surface area contributed by atoms with E-state index in [0.29, 0.717) is 18.8 Å². The summed E-state index contributed by atoms with van der Waals surface area (Å²) in [5.41, 5.74) is 3.01. The molecule has 0 unspecified atom stereocenters. The zero-order valence-electron chi connectivity index (χ0n) is 20.4. The Balaban J connectivity index is 1.04. The third-order valence-corrected chi connectivity index (χ3v) is 7.23. The van der Waals surface area contributed by atoms with Crippen molar-refractivity contribution in [1.82, 2.24) is 20.0 Å². The van der Waals surface area contributed by atoms with Gasteiger partial charge in [-0.1, -0.05) is 42.5 Å². The van der Waals surface area contributed by atoms with Gasteiger partial charge < -0.3 is 14.8 Å². The SMILES string of the molecule is Cn1nccc1C(=O)NC[C@H]1CCC2(CCN(Cc3ccc(OCc4ccccc4)cc3)CC2)O1. The summed E-state index contributed by atoms with van der Waals surface area (Å²) in [5.74, 6) is 0.803.